The zero-order chi connectivity index (χ0) is 30.6. The Labute approximate surface area is 259 Å². The van der Waals surface area contributed by atoms with E-state index in [2.05, 4.69) is 43.3 Å². The van der Waals surface area contributed by atoms with E-state index < -0.39 is 41.5 Å². The largest absolute Gasteiger partial charge is 0.349 e. The van der Waals surface area contributed by atoms with Crippen molar-refractivity contribution in [3.8, 4) is 0 Å². The summed E-state index contributed by atoms with van der Waals surface area (Å²) in [5, 5.41) is 16.3. The molecule has 3 saturated heterocycles. The van der Waals surface area contributed by atoms with Gasteiger partial charge in [-0.15, -0.1) is 0 Å². The molecule has 7 rings (SSSR count). The molecule has 230 valence electrons. The van der Waals surface area contributed by atoms with E-state index >= 15 is 0 Å². The lowest BCUT2D eigenvalue weighted by Crippen LogP contribution is -2.71. The molecule has 0 bridgehead atoms. The summed E-state index contributed by atoms with van der Waals surface area (Å²) in [5.74, 6) is -4.01. The first-order valence-electron chi connectivity index (χ1n) is 15.5. The van der Waals surface area contributed by atoms with Crippen molar-refractivity contribution in [1.82, 2.24) is 25.0 Å². The number of carbonyl (C=O) groups is 3. The van der Waals surface area contributed by atoms with Crippen molar-refractivity contribution in [2.45, 2.75) is 83.1 Å². The Morgan fingerprint density at radius 3 is 2.74 bits per heavy atom. The summed E-state index contributed by atoms with van der Waals surface area (Å²) in [4.78, 5) is 50.8. The van der Waals surface area contributed by atoms with Crippen LogP contribution in [0.4, 0.5) is 0 Å². The van der Waals surface area contributed by atoms with Gasteiger partial charge in [0.2, 0.25) is 17.5 Å². The zero-order valence-electron chi connectivity index (χ0n) is 25.3. The van der Waals surface area contributed by atoms with Crippen molar-refractivity contribution in [3.63, 3.8) is 0 Å². The van der Waals surface area contributed by atoms with Crippen LogP contribution in [0.15, 0.2) is 28.9 Å². The number of aromatic amines is 1. The van der Waals surface area contributed by atoms with Crippen molar-refractivity contribution < 1.29 is 24.2 Å². The minimum Gasteiger partial charge on any atom is -0.349 e. The van der Waals surface area contributed by atoms with E-state index in [1.165, 1.54) is 15.8 Å². The van der Waals surface area contributed by atoms with E-state index in [9.17, 15) is 19.5 Å². The van der Waals surface area contributed by atoms with Gasteiger partial charge in [-0.25, -0.2) is 0 Å². The SMILES string of the molecule is CC(C)C[C@@H]1C(=O)N2CCC[C@H]2[C@@]2(O)O[C@@](NC(=O)[C@H]3C=C4c5cccc6[nH]c(Br)c(c56)C[C@H]4N(C)C3)(C(C)C)C(=O)N12. The summed E-state index contributed by atoms with van der Waals surface area (Å²) >= 11 is 3.70. The molecule has 5 heterocycles. The lowest BCUT2D eigenvalue weighted by molar-refractivity contribution is -0.322. The molecule has 1 aromatic heterocycles. The van der Waals surface area contributed by atoms with Crippen LogP contribution in [0.1, 0.15) is 58.1 Å². The molecular weight excluding hydrogens is 614 g/mol. The molecule has 3 N–H and O–H groups in total. The number of benzene rings is 1. The van der Waals surface area contributed by atoms with Crippen LogP contribution in [0.5, 0.6) is 0 Å². The number of fused-ring (bicyclic) bond motifs is 5. The molecule has 10 nitrogen and oxygen atoms in total. The highest BCUT2D eigenvalue weighted by Gasteiger charge is 2.72. The third-order valence-corrected chi connectivity index (χ3v) is 10.9. The van der Waals surface area contributed by atoms with Crippen LogP contribution < -0.4 is 5.32 Å². The number of amides is 3. The van der Waals surface area contributed by atoms with Crippen LogP contribution in [0.25, 0.3) is 16.5 Å². The number of piperazine rings is 1. The molecule has 0 spiro atoms. The third-order valence-electron chi connectivity index (χ3n) is 10.3. The number of carbonyl (C=O) groups excluding carboxylic acids is 3. The van der Waals surface area contributed by atoms with E-state index in [1.807, 2.05) is 33.0 Å². The maximum absolute atomic E-state index is 14.4. The Morgan fingerprint density at radius 1 is 1.26 bits per heavy atom. The normalized spacial score (nSPS) is 33.7. The molecule has 0 unspecified atom stereocenters. The molecule has 0 saturated carbocycles. The fourth-order valence-electron chi connectivity index (χ4n) is 8.15. The maximum Gasteiger partial charge on any atom is 0.281 e. The number of ether oxygens (including phenoxy) is 1. The molecule has 0 radical (unpaired) electrons. The predicted molar refractivity (Wildman–Crippen MR) is 164 cm³/mol. The van der Waals surface area contributed by atoms with Gasteiger partial charge in [0.1, 0.15) is 12.1 Å². The number of likely N-dealkylation sites (N-methyl/N-ethyl adjacent to an activating group) is 1. The van der Waals surface area contributed by atoms with Crippen LogP contribution in [-0.4, -0.2) is 92.4 Å². The highest BCUT2D eigenvalue weighted by atomic mass is 79.9. The minimum absolute atomic E-state index is 0.104. The van der Waals surface area contributed by atoms with Crippen LogP contribution >= 0.6 is 15.9 Å². The Balaban J connectivity index is 1.25. The Hall–Kier alpha value is -2.73. The third kappa shape index (κ3) is 4.04. The van der Waals surface area contributed by atoms with Crippen molar-refractivity contribution in [2.75, 3.05) is 20.1 Å². The van der Waals surface area contributed by atoms with E-state index in [4.69, 9.17) is 4.74 Å². The second kappa shape index (κ2) is 9.89. The second-order valence-electron chi connectivity index (χ2n) is 13.7. The summed E-state index contributed by atoms with van der Waals surface area (Å²) in [7, 11) is 2.03. The number of nitrogens with one attached hydrogen (secondary N) is 2. The molecule has 43 heavy (non-hydrogen) atoms. The van der Waals surface area contributed by atoms with Gasteiger partial charge >= 0.3 is 0 Å². The van der Waals surface area contributed by atoms with Gasteiger partial charge in [0, 0.05) is 36.0 Å². The second-order valence-corrected chi connectivity index (χ2v) is 14.5. The number of hydrogen-bond acceptors (Lipinski definition) is 6. The molecule has 4 aliphatic heterocycles. The lowest BCUT2D eigenvalue weighted by Gasteiger charge is -2.49. The highest BCUT2D eigenvalue weighted by Crippen LogP contribution is 2.49. The van der Waals surface area contributed by atoms with Gasteiger partial charge in [0.15, 0.2) is 0 Å². The first-order valence-corrected chi connectivity index (χ1v) is 16.3. The number of H-pyrrole nitrogens is 1. The van der Waals surface area contributed by atoms with Crippen molar-refractivity contribution in [3.05, 3.63) is 40.0 Å². The Kier molecular flexibility index (Phi) is 6.67. The van der Waals surface area contributed by atoms with Crippen LogP contribution in [-0.2, 0) is 25.5 Å². The molecule has 1 aliphatic carbocycles. The molecular formula is C32H40BrN5O5. The highest BCUT2D eigenvalue weighted by molar-refractivity contribution is 9.10. The van der Waals surface area contributed by atoms with E-state index in [1.54, 1.807) is 18.7 Å². The van der Waals surface area contributed by atoms with E-state index in [0.29, 0.717) is 25.9 Å². The molecule has 3 fully saturated rings. The minimum atomic E-state index is -2.01. The van der Waals surface area contributed by atoms with Gasteiger partial charge in [-0.2, -0.15) is 0 Å². The summed E-state index contributed by atoms with van der Waals surface area (Å²) in [5.41, 5.74) is 2.68. The van der Waals surface area contributed by atoms with E-state index in [0.717, 1.165) is 34.1 Å². The van der Waals surface area contributed by atoms with E-state index in [-0.39, 0.29) is 23.8 Å². The van der Waals surface area contributed by atoms with Crippen molar-refractivity contribution in [2.24, 2.45) is 17.8 Å². The molecule has 11 heteroatoms. The average molecular weight is 655 g/mol. The molecule has 6 atom stereocenters. The first kappa shape index (κ1) is 29.0. The summed E-state index contributed by atoms with van der Waals surface area (Å²) in [6, 6.07) is 4.76. The summed E-state index contributed by atoms with van der Waals surface area (Å²) < 4.78 is 7.43. The summed E-state index contributed by atoms with van der Waals surface area (Å²) in [6.07, 6.45) is 4.49. The van der Waals surface area contributed by atoms with Gasteiger partial charge in [-0.3, -0.25) is 28.9 Å². The Bertz CT molecular complexity index is 1570. The molecule has 1 aromatic carbocycles. The Morgan fingerprint density at radius 2 is 2.02 bits per heavy atom. The van der Waals surface area contributed by atoms with Crippen molar-refractivity contribution in [1.29, 1.82) is 0 Å². The number of rotatable bonds is 5. The summed E-state index contributed by atoms with van der Waals surface area (Å²) in [6.45, 7) is 8.57. The molecule has 5 aliphatic rings. The smallest absolute Gasteiger partial charge is 0.281 e. The lowest BCUT2D eigenvalue weighted by atomic mass is 9.79. The topological polar surface area (TPSA) is 118 Å². The fraction of sp³-hybridized carbons (Fsp3) is 0.594. The number of halogens is 1. The quantitative estimate of drug-likeness (QED) is 0.456. The molecule has 3 amide bonds. The monoisotopic (exact) mass is 653 g/mol. The molecule has 2 aromatic rings. The number of nitrogens with zero attached hydrogens (tertiary/aromatic N) is 3. The number of aromatic nitrogens is 1. The van der Waals surface area contributed by atoms with Crippen molar-refractivity contribution >= 4 is 50.1 Å². The average Bonchev–Trinajstić information content (AvgIpc) is 3.63. The number of hydrogen-bond donors (Lipinski definition) is 3. The van der Waals surface area contributed by atoms with Crippen LogP contribution in [0, 0.1) is 17.8 Å². The van der Waals surface area contributed by atoms with Gasteiger partial charge in [-0.05, 0) is 77.3 Å². The van der Waals surface area contributed by atoms with Gasteiger partial charge < -0.3 is 20.3 Å². The van der Waals surface area contributed by atoms with Crippen LogP contribution in [0.2, 0.25) is 0 Å². The van der Waals surface area contributed by atoms with Gasteiger partial charge in [0.05, 0.1) is 10.5 Å². The standard InChI is InChI=1S/C32H40BrN5O5/c1-16(2)12-24-29(40)37-11-7-10-25(37)32(42)38(24)30(41)31(43-32,17(3)4)35-28(39)18-13-20-19-8-6-9-22-26(19)21(27(33)34-22)14-23(20)36(5)15-18/h6,8-9,13,16-18,23-25,34,42H,7,10-12,14-15H2,1-5H3,(H,35,39)/t18-,23+,24+,25-,31-,32+/m0/s1. The van der Waals surface area contributed by atoms with Gasteiger partial charge in [0.25, 0.3) is 11.8 Å². The van der Waals surface area contributed by atoms with Crippen LogP contribution in [0.3, 0.4) is 0 Å². The van der Waals surface area contributed by atoms with Gasteiger partial charge in [-0.1, -0.05) is 45.9 Å². The first-order chi connectivity index (χ1) is 20.4. The predicted octanol–water partition coefficient (Wildman–Crippen LogP) is 3.19. The maximum atomic E-state index is 14.4. The zero-order valence-corrected chi connectivity index (χ0v) is 26.9. The fourth-order valence-corrected chi connectivity index (χ4v) is 8.72. The number of aliphatic hydroxyl groups is 1.